The van der Waals surface area contributed by atoms with Gasteiger partial charge in [-0.15, -0.1) is 0 Å². The second kappa shape index (κ2) is 6.19. The summed E-state index contributed by atoms with van der Waals surface area (Å²) < 4.78 is 11.4. The van der Waals surface area contributed by atoms with E-state index in [0.717, 1.165) is 11.5 Å². The predicted molar refractivity (Wildman–Crippen MR) is 84.1 cm³/mol. The first-order chi connectivity index (χ1) is 10.3. The number of hydrogen-bond donors (Lipinski definition) is 1. The van der Waals surface area contributed by atoms with Crippen LogP contribution in [0.3, 0.4) is 0 Å². The zero-order valence-electron chi connectivity index (χ0n) is 12.5. The molecule has 3 rings (SSSR count). The SMILES string of the molecule is CCOc1cccc(C(NC)C2COc3ccccc32)c1. The molecular formula is C18H21NO2. The molecule has 0 radical (unpaired) electrons. The minimum absolute atomic E-state index is 0.217. The maximum atomic E-state index is 5.82. The number of fused-ring (bicyclic) bond motifs is 1. The van der Waals surface area contributed by atoms with Crippen LogP contribution in [0, 0.1) is 0 Å². The summed E-state index contributed by atoms with van der Waals surface area (Å²) in [6, 6.07) is 16.8. The van der Waals surface area contributed by atoms with Gasteiger partial charge in [-0.05, 0) is 37.7 Å². The smallest absolute Gasteiger partial charge is 0.122 e. The molecule has 2 aromatic carbocycles. The number of nitrogens with one attached hydrogen (secondary N) is 1. The largest absolute Gasteiger partial charge is 0.494 e. The van der Waals surface area contributed by atoms with Gasteiger partial charge in [-0.1, -0.05) is 30.3 Å². The average molecular weight is 283 g/mol. The van der Waals surface area contributed by atoms with Crippen LogP contribution in [0.25, 0.3) is 0 Å². The molecule has 2 aromatic rings. The van der Waals surface area contributed by atoms with Crippen molar-refractivity contribution in [3.8, 4) is 11.5 Å². The van der Waals surface area contributed by atoms with Crippen LogP contribution < -0.4 is 14.8 Å². The monoisotopic (exact) mass is 283 g/mol. The molecule has 3 heteroatoms. The van der Waals surface area contributed by atoms with Gasteiger partial charge in [0.1, 0.15) is 11.5 Å². The molecular weight excluding hydrogens is 262 g/mol. The fraction of sp³-hybridized carbons (Fsp3) is 0.333. The first-order valence-electron chi connectivity index (χ1n) is 7.45. The van der Waals surface area contributed by atoms with Gasteiger partial charge < -0.3 is 14.8 Å². The van der Waals surface area contributed by atoms with E-state index >= 15 is 0 Å². The van der Waals surface area contributed by atoms with Gasteiger partial charge >= 0.3 is 0 Å². The van der Waals surface area contributed by atoms with Crippen LogP contribution in [0.4, 0.5) is 0 Å². The van der Waals surface area contributed by atoms with Crippen LogP contribution in [0.1, 0.15) is 30.0 Å². The molecule has 0 amide bonds. The van der Waals surface area contributed by atoms with Crippen molar-refractivity contribution in [1.82, 2.24) is 5.32 Å². The number of likely N-dealkylation sites (N-methyl/N-ethyl adjacent to an activating group) is 1. The van der Waals surface area contributed by atoms with Gasteiger partial charge in [-0.25, -0.2) is 0 Å². The van der Waals surface area contributed by atoms with Gasteiger partial charge in [0.05, 0.1) is 13.2 Å². The van der Waals surface area contributed by atoms with Gasteiger partial charge in [0.25, 0.3) is 0 Å². The van der Waals surface area contributed by atoms with E-state index in [-0.39, 0.29) is 6.04 Å². The van der Waals surface area contributed by atoms with Gasteiger partial charge in [-0.2, -0.15) is 0 Å². The van der Waals surface area contributed by atoms with Crippen LogP contribution in [0.5, 0.6) is 11.5 Å². The van der Waals surface area contributed by atoms with Crippen molar-refractivity contribution < 1.29 is 9.47 Å². The number of hydrogen-bond acceptors (Lipinski definition) is 3. The lowest BCUT2D eigenvalue weighted by Gasteiger charge is -2.23. The zero-order valence-corrected chi connectivity index (χ0v) is 12.5. The van der Waals surface area contributed by atoms with E-state index in [1.165, 1.54) is 11.1 Å². The maximum Gasteiger partial charge on any atom is 0.122 e. The van der Waals surface area contributed by atoms with Gasteiger partial charge in [0.15, 0.2) is 0 Å². The highest BCUT2D eigenvalue weighted by Crippen LogP contribution is 2.41. The predicted octanol–water partition coefficient (Wildman–Crippen LogP) is 3.52. The van der Waals surface area contributed by atoms with Gasteiger partial charge in [0.2, 0.25) is 0 Å². The molecule has 1 N–H and O–H groups in total. The Kier molecular flexibility index (Phi) is 4.11. The van der Waals surface area contributed by atoms with Crippen molar-refractivity contribution in [3.63, 3.8) is 0 Å². The van der Waals surface area contributed by atoms with E-state index in [1.807, 2.05) is 38.2 Å². The quantitative estimate of drug-likeness (QED) is 0.910. The van der Waals surface area contributed by atoms with Gasteiger partial charge in [0, 0.05) is 17.5 Å². The zero-order chi connectivity index (χ0) is 14.7. The van der Waals surface area contributed by atoms with Crippen LogP contribution in [-0.2, 0) is 0 Å². The fourth-order valence-electron chi connectivity index (χ4n) is 3.03. The summed E-state index contributed by atoms with van der Waals surface area (Å²) in [4.78, 5) is 0. The summed E-state index contributed by atoms with van der Waals surface area (Å²) in [6.07, 6.45) is 0. The number of ether oxygens (including phenoxy) is 2. The second-order valence-corrected chi connectivity index (χ2v) is 5.23. The van der Waals surface area contributed by atoms with Crippen molar-refractivity contribution in [2.24, 2.45) is 0 Å². The Bertz CT molecular complexity index is 612. The van der Waals surface area contributed by atoms with E-state index in [1.54, 1.807) is 0 Å². The topological polar surface area (TPSA) is 30.5 Å². The summed E-state index contributed by atoms with van der Waals surface area (Å²) in [5.74, 6) is 2.24. The highest BCUT2D eigenvalue weighted by Gasteiger charge is 2.31. The Morgan fingerprint density at radius 3 is 2.90 bits per heavy atom. The molecule has 0 bridgehead atoms. The maximum absolute atomic E-state index is 5.82. The van der Waals surface area contributed by atoms with Crippen molar-refractivity contribution in [1.29, 1.82) is 0 Å². The molecule has 21 heavy (non-hydrogen) atoms. The summed E-state index contributed by atoms with van der Waals surface area (Å²) >= 11 is 0. The highest BCUT2D eigenvalue weighted by atomic mass is 16.5. The molecule has 0 aromatic heterocycles. The normalized spacial score (nSPS) is 17.9. The third-order valence-electron chi connectivity index (χ3n) is 3.98. The molecule has 2 unspecified atom stereocenters. The molecule has 1 aliphatic heterocycles. The Balaban J connectivity index is 1.91. The van der Waals surface area contributed by atoms with Crippen LogP contribution in [0.2, 0.25) is 0 Å². The van der Waals surface area contributed by atoms with E-state index in [9.17, 15) is 0 Å². The molecule has 0 saturated heterocycles. The summed E-state index contributed by atoms with van der Waals surface area (Å²) in [5, 5.41) is 3.43. The number of benzene rings is 2. The molecule has 1 aliphatic rings. The van der Waals surface area contributed by atoms with Crippen molar-refractivity contribution in [3.05, 3.63) is 59.7 Å². The Morgan fingerprint density at radius 1 is 1.24 bits per heavy atom. The Morgan fingerprint density at radius 2 is 2.10 bits per heavy atom. The van der Waals surface area contributed by atoms with E-state index in [4.69, 9.17) is 9.47 Å². The van der Waals surface area contributed by atoms with Crippen molar-refractivity contribution in [2.45, 2.75) is 18.9 Å². The summed E-state index contributed by atoms with van der Waals surface area (Å²) in [7, 11) is 2.00. The Labute approximate surface area is 125 Å². The second-order valence-electron chi connectivity index (χ2n) is 5.23. The van der Waals surface area contributed by atoms with Gasteiger partial charge in [-0.3, -0.25) is 0 Å². The lowest BCUT2D eigenvalue weighted by Crippen LogP contribution is -2.24. The van der Waals surface area contributed by atoms with Crippen LogP contribution >= 0.6 is 0 Å². The Hall–Kier alpha value is -2.00. The summed E-state index contributed by atoms with van der Waals surface area (Å²) in [5.41, 5.74) is 2.51. The van der Waals surface area contributed by atoms with Crippen LogP contribution in [-0.4, -0.2) is 20.3 Å². The molecule has 0 aliphatic carbocycles. The van der Waals surface area contributed by atoms with E-state index in [0.29, 0.717) is 19.1 Å². The molecule has 2 atom stereocenters. The van der Waals surface area contributed by atoms with E-state index < -0.39 is 0 Å². The first-order valence-corrected chi connectivity index (χ1v) is 7.45. The minimum Gasteiger partial charge on any atom is -0.494 e. The fourth-order valence-corrected chi connectivity index (χ4v) is 3.03. The highest BCUT2D eigenvalue weighted by molar-refractivity contribution is 5.43. The first kappa shape index (κ1) is 14.0. The standard InChI is InChI=1S/C18H21NO2/c1-3-20-14-8-6-7-13(11-14)18(19-2)16-12-21-17-10-5-4-9-15(16)17/h4-11,16,18-19H,3,12H2,1-2H3. The lowest BCUT2D eigenvalue weighted by molar-refractivity contribution is 0.303. The van der Waals surface area contributed by atoms with Crippen LogP contribution in [0.15, 0.2) is 48.5 Å². The molecule has 0 spiro atoms. The van der Waals surface area contributed by atoms with E-state index in [2.05, 4.69) is 29.6 Å². The molecule has 0 saturated carbocycles. The molecule has 1 heterocycles. The van der Waals surface area contributed by atoms with Crippen molar-refractivity contribution in [2.75, 3.05) is 20.3 Å². The lowest BCUT2D eigenvalue weighted by atomic mass is 9.88. The molecule has 110 valence electrons. The average Bonchev–Trinajstić information content (AvgIpc) is 2.93. The number of para-hydroxylation sites is 1. The third-order valence-corrected chi connectivity index (χ3v) is 3.98. The molecule has 3 nitrogen and oxygen atoms in total. The number of rotatable bonds is 5. The molecule has 0 fully saturated rings. The minimum atomic E-state index is 0.217. The summed E-state index contributed by atoms with van der Waals surface area (Å²) in [6.45, 7) is 3.40. The van der Waals surface area contributed by atoms with Crippen molar-refractivity contribution >= 4 is 0 Å². The third kappa shape index (κ3) is 2.74.